The number of aromatic nitrogens is 2. The van der Waals surface area contributed by atoms with Gasteiger partial charge in [0.1, 0.15) is 11.0 Å². The summed E-state index contributed by atoms with van der Waals surface area (Å²) in [5.41, 5.74) is 1.01. The minimum Gasteiger partial charge on any atom is -0.362 e. The highest BCUT2D eigenvalue weighted by Crippen LogP contribution is 2.26. The SMILES string of the molecule is C[C@H](Nc1cncc(Cl)n1)c1ccc(Cl)c(Cl)c1. The van der Waals surface area contributed by atoms with Crippen LogP contribution in [0.2, 0.25) is 15.2 Å². The van der Waals surface area contributed by atoms with Crippen molar-refractivity contribution in [3.8, 4) is 0 Å². The molecule has 1 aromatic heterocycles. The molecular weight excluding hydrogens is 293 g/mol. The van der Waals surface area contributed by atoms with E-state index in [1.807, 2.05) is 19.1 Å². The Morgan fingerprint density at radius 2 is 1.89 bits per heavy atom. The lowest BCUT2D eigenvalue weighted by Gasteiger charge is -2.15. The van der Waals surface area contributed by atoms with E-state index in [1.54, 1.807) is 12.3 Å². The number of nitrogens with zero attached hydrogens (tertiary/aromatic N) is 2. The van der Waals surface area contributed by atoms with E-state index in [0.717, 1.165) is 5.56 Å². The van der Waals surface area contributed by atoms with E-state index >= 15 is 0 Å². The number of anilines is 1. The molecule has 6 heteroatoms. The van der Waals surface area contributed by atoms with Gasteiger partial charge in [-0.15, -0.1) is 0 Å². The van der Waals surface area contributed by atoms with Gasteiger partial charge >= 0.3 is 0 Å². The summed E-state index contributed by atoms with van der Waals surface area (Å²) in [6.45, 7) is 1.99. The van der Waals surface area contributed by atoms with Crippen LogP contribution in [-0.4, -0.2) is 9.97 Å². The zero-order chi connectivity index (χ0) is 13.1. The Kier molecular flexibility index (Phi) is 4.27. The van der Waals surface area contributed by atoms with Crippen molar-refractivity contribution in [1.29, 1.82) is 0 Å². The molecule has 0 bridgehead atoms. The number of rotatable bonds is 3. The van der Waals surface area contributed by atoms with Gasteiger partial charge in [-0.3, -0.25) is 4.98 Å². The van der Waals surface area contributed by atoms with E-state index in [1.165, 1.54) is 6.20 Å². The van der Waals surface area contributed by atoms with Crippen LogP contribution in [0.15, 0.2) is 30.6 Å². The molecule has 0 saturated carbocycles. The molecule has 0 radical (unpaired) electrons. The summed E-state index contributed by atoms with van der Waals surface area (Å²) in [6.07, 6.45) is 3.09. The van der Waals surface area contributed by atoms with Gasteiger partial charge in [0.25, 0.3) is 0 Å². The second kappa shape index (κ2) is 5.74. The maximum absolute atomic E-state index is 5.98. The van der Waals surface area contributed by atoms with Crippen molar-refractivity contribution >= 4 is 40.6 Å². The lowest BCUT2D eigenvalue weighted by atomic mass is 10.1. The monoisotopic (exact) mass is 301 g/mol. The van der Waals surface area contributed by atoms with Gasteiger partial charge in [0.15, 0.2) is 0 Å². The largest absolute Gasteiger partial charge is 0.362 e. The molecule has 2 rings (SSSR count). The summed E-state index contributed by atoms with van der Waals surface area (Å²) in [4.78, 5) is 8.07. The Hall–Kier alpha value is -1.03. The van der Waals surface area contributed by atoms with Gasteiger partial charge < -0.3 is 5.32 Å². The molecule has 1 heterocycles. The Morgan fingerprint density at radius 3 is 2.56 bits per heavy atom. The molecule has 0 aliphatic rings. The summed E-state index contributed by atoms with van der Waals surface area (Å²) in [7, 11) is 0. The Balaban J connectivity index is 2.16. The first kappa shape index (κ1) is 13.4. The van der Waals surface area contributed by atoms with Crippen LogP contribution in [0.3, 0.4) is 0 Å². The van der Waals surface area contributed by atoms with E-state index < -0.39 is 0 Å². The zero-order valence-corrected chi connectivity index (χ0v) is 11.8. The average Bonchev–Trinajstić information content (AvgIpc) is 2.32. The number of nitrogens with one attached hydrogen (secondary N) is 1. The van der Waals surface area contributed by atoms with Crippen LogP contribution in [0.4, 0.5) is 5.82 Å². The minimum atomic E-state index is 0.0209. The molecule has 1 aromatic carbocycles. The first-order chi connectivity index (χ1) is 8.56. The lowest BCUT2D eigenvalue weighted by Crippen LogP contribution is -2.08. The molecule has 2 aromatic rings. The fourth-order valence-corrected chi connectivity index (χ4v) is 1.95. The molecule has 3 nitrogen and oxygen atoms in total. The van der Waals surface area contributed by atoms with Crippen LogP contribution in [0.5, 0.6) is 0 Å². The van der Waals surface area contributed by atoms with Crippen LogP contribution >= 0.6 is 34.8 Å². The third-order valence-corrected chi connectivity index (χ3v) is 3.33. The summed E-state index contributed by atoms with van der Waals surface area (Å²) >= 11 is 17.6. The van der Waals surface area contributed by atoms with E-state index in [-0.39, 0.29) is 6.04 Å². The quantitative estimate of drug-likeness (QED) is 0.899. The molecule has 0 spiro atoms. The van der Waals surface area contributed by atoms with Crippen molar-refractivity contribution in [2.75, 3.05) is 5.32 Å². The maximum atomic E-state index is 5.98. The normalized spacial score (nSPS) is 12.2. The van der Waals surface area contributed by atoms with Gasteiger partial charge in [-0.1, -0.05) is 40.9 Å². The third-order valence-electron chi connectivity index (χ3n) is 2.41. The Labute approximate surface area is 120 Å². The third kappa shape index (κ3) is 3.25. The molecule has 1 N–H and O–H groups in total. The highest BCUT2D eigenvalue weighted by molar-refractivity contribution is 6.42. The summed E-state index contributed by atoms with van der Waals surface area (Å²) in [6, 6.07) is 5.51. The van der Waals surface area contributed by atoms with Gasteiger partial charge in [-0.05, 0) is 24.6 Å². The van der Waals surface area contributed by atoms with Crippen molar-refractivity contribution < 1.29 is 0 Å². The van der Waals surface area contributed by atoms with E-state index in [9.17, 15) is 0 Å². The van der Waals surface area contributed by atoms with E-state index in [2.05, 4.69) is 15.3 Å². The first-order valence-electron chi connectivity index (χ1n) is 5.25. The highest BCUT2D eigenvalue weighted by atomic mass is 35.5. The molecule has 0 fully saturated rings. The molecule has 0 saturated heterocycles. The predicted molar refractivity (Wildman–Crippen MR) is 75.5 cm³/mol. The van der Waals surface area contributed by atoms with E-state index in [0.29, 0.717) is 21.0 Å². The first-order valence-corrected chi connectivity index (χ1v) is 6.38. The Bertz CT molecular complexity index is 560. The summed E-state index contributed by atoms with van der Waals surface area (Å²) in [5.74, 6) is 0.612. The molecule has 0 unspecified atom stereocenters. The van der Waals surface area contributed by atoms with Crippen LogP contribution in [-0.2, 0) is 0 Å². The predicted octanol–water partition coefficient (Wildman–Crippen LogP) is 4.61. The second-order valence-electron chi connectivity index (χ2n) is 3.77. The molecule has 18 heavy (non-hydrogen) atoms. The number of halogens is 3. The van der Waals surface area contributed by atoms with Crippen molar-refractivity contribution in [2.45, 2.75) is 13.0 Å². The highest BCUT2D eigenvalue weighted by Gasteiger charge is 2.08. The van der Waals surface area contributed by atoms with Crippen molar-refractivity contribution in [1.82, 2.24) is 9.97 Å². The topological polar surface area (TPSA) is 37.8 Å². The van der Waals surface area contributed by atoms with Crippen LogP contribution in [0, 0.1) is 0 Å². The van der Waals surface area contributed by atoms with Gasteiger partial charge in [0, 0.05) is 0 Å². The lowest BCUT2D eigenvalue weighted by molar-refractivity contribution is 0.871. The van der Waals surface area contributed by atoms with Crippen molar-refractivity contribution in [2.24, 2.45) is 0 Å². The summed E-state index contributed by atoms with van der Waals surface area (Å²) in [5, 5.41) is 4.60. The molecule has 0 amide bonds. The second-order valence-corrected chi connectivity index (χ2v) is 4.97. The average molecular weight is 303 g/mol. The van der Waals surface area contributed by atoms with Crippen LogP contribution in [0.25, 0.3) is 0 Å². The Morgan fingerprint density at radius 1 is 1.11 bits per heavy atom. The van der Waals surface area contributed by atoms with Gasteiger partial charge in [0.2, 0.25) is 0 Å². The number of benzene rings is 1. The fourth-order valence-electron chi connectivity index (χ4n) is 1.50. The van der Waals surface area contributed by atoms with Gasteiger partial charge in [-0.25, -0.2) is 4.98 Å². The summed E-state index contributed by atoms with van der Waals surface area (Å²) < 4.78 is 0. The molecule has 1 atom stereocenters. The van der Waals surface area contributed by atoms with Crippen LogP contribution < -0.4 is 5.32 Å². The zero-order valence-electron chi connectivity index (χ0n) is 9.49. The smallest absolute Gasteiger partial charge is 0.149 e. The van der Waals surface area contributed by atoms with Crippen molar-refractivity contribution in [3.05, 3.63) is 51.4 Å². The molecule has 0 aliphatic carbocycles. The molecular formula is C12H10Cl3N3. The van der Waals surface area contributed by atoms with Crippen LogP contribution in [0.1, 0.15) is 18.5 Å². The van der Waals surface area contributed by atoms with Crippen molar-refractivity contribution in [3.63, 3.8) is 0 Å². The van der Waals surface area contributed by atoms with Gasteiger partial charge in [-0.2, -0.15) is 0 Å². The maximum Gasteiger partial charge on any atom is 0.149 e. The van der Waals surface area contributed by atoms with E-state index in [4.69, 9.17) is 34.8 Å². The fraction of sp³-hybridized carbons (Fsp3) is 0.167. The number of hydrogen-bond donors (Lipinski definition) is 1. The van der Waals surface area contributed by atoms with Gasteiger partial charge in [0.05, 0.1) is 28.5 Å². The minimum absolute atomic E-state index is 0.0209. The number of hydrogen-bond acceptors (Lipinski definition) is 3. The molecule has 94 valence electrons. The molecule has 0 aliphatic heterocycles. The standard InChI is InChI=1S/C12H10Cl3N3/c1-7(8-2-3-9(13)10(14)4-8)17-12-6-16-5-11(15)18-12/h2-7H,1H3,(H,17,18)/t7-/m0/s1.